The van der Waals surface area contributed by atoms with Crippen LogP contribution in [0, 0.1) is 13.8 Å². The zero-order valence-corrected chi connectivity index (χ0v) is 30.8. The predicted octanol–water partition coefficient (Wildman–Crippen LogP) is 7.61. The van der Waals surface area contributed by atoms with Gasteiger partial charge in [0.05, 0.1) is 15.5 Å². The van der Waals surface area contributed by atoms with E-state index in [2.05, 4.69) is 20.6 Å². The van der Waals surface area contributed by atoms with Crippen molar-refractivity contribution in [3.8, 4) is 0 Å². The van der Waals surface area contributed by atoms with Crippen LogP contribution >= 0.6 is 45.9 Å². The third kappa shape index (κ3) is 8.55. The Hall–Kier alpha value is -3.09. The Morgan fingerprint density at radius 2 is 1.10 bits per heavy atom. The summed E-state index contributed by atoms with van der Waals surface area (Å²) in [6.07, 6.45) is -4.65. The van der Waals surface area contributed by atoms with Gasteiger partial charge in [-0.05, 0) is 90.1 Å². The normalized spacial score (nSPS) is 12.6. The zero-order valence-electron chi connectivity index (χ0n) is 26.1. The average Bonchev–Trinajstić information content (AvgIpc) is 3.59. The summed E-state index contributed by atoms with van der Waals surface area (Å²) in [6, 6.07) is 11.0. The second-order valence-electron chi connectivity index (χ2n) is 11.0. The summed E-state index contributed by atoms with van der Waals surface area (Å²) in [5, 5.41) is 6.26. The minimum absolute atomic E-state index is 0.0496. The molecule has 4 aromatic rings. The molecule has 2 heterocycles. The van der Waals surface area contributed by atoms with Crippen molar-refractivity contribution >= 4 is 87.6 Å². The quantitative estimate of drug-likeness (QED) is 0.185. The number of halogens is 5. The van der Waals surface area contributed by atoms with Gasteiger partial charge in [0, 0.05) is 20.3 Å². The fraction of sp³-hybridized carbons (Fsp3) is 0.310. The first-order chi connectivity index (χ1) is 21.9. The highest BCUT2D eigenvalue weighted by Gasteiger charge is 2.44. The number of carbonyl (C=O) groups is 2. The Morgan fingerprint density at radius 3 is 1.44 bits per heavy atom. The minimum Gasteiger partial charge on any atom is -0.301 e. The van der Waals surface area contributed by atoms with E-state index < -0.39 is 52.9 Å². The van der Waals surface area contributed by atoms with Gasteiger partial charge in [0.25, 0.3) is 0 Å². The van der Waals surface area contributed by atoms with Crippen molar-refractivity contribution in [1.82, 2.24) is 9.97 Å². The predicted molar refractivity (Wildman–Crippen MR) is 181 cm³/mol. The first kappa shape index (κ1) is 39.3. The Labute approximate surface area is 293 Å². The highest BCUT2D eigenvalue weighted by atomic mass is 35.5. The monoisotopic (exact) mass is 784 g/mol. The number of nitrogens with one attached hydrogen (secondary N) is 2. The molecule has 48 heavy (non-hydrogen) atoms. The summed E-state index contributed by atoms with van der Waals surface area (Å²) in [6.45, 7) is 8.78. The number of nitrogens with zero attached hydrogens (tertiary/aromatic N) is 2. The second-order valence-corrected chi connectivity index (χ2v) is 19.0. The van der Waals surface area contributed by atoms with E-state index in [0.717, 1.165) is 29.8 Å². The number of amides is 2. The van der Waals surface area contributed by atoms with Gasteiger partial charge in [0.1, 0.15) is 9.49 Å². The van der Waals surface area contributed by atoms with Crippen LogP contribution in [-0.2, 0) is 35.4 Å². The molecular formula is C29H29Cl2F3N4O6S4. The number of rotatable bonds is 8. The van der Waals surface area contributed by atoms with Crippen molar-refractivity contribution in [2.45, 2.75) is 67.0 Å². The van der Waals surface area contributed by atoms with Crippen molar-refractivity contribution in [2.75, 3.05) is 10.6 Å². The van der Waals surface area contributed by atoms with Crippen molar-refractivity contribution in [3.63, 3.8) is 0 Å². The molecule has 0 aliphatic heterocycles. The fourth-order valence-corrected chi connectivity index (χ4v) is 8.08. The van der Waals surface area contributed by atoms with Gasteiger partial charge in [-0.2, -0.15) is 13.2 Å². The number of carbonyl (C=O) groups excluding carboxylic acids is 2. The smallest absolute Gasteiger partial charge is 0.301 e. The van der Waals surface area contributed by atoms with Crippen LogP contribution in [0.15, 0.2) is 63.7 Å². The molecular weight excluding hydrogens is 757 g/mol. The molecule has 0 aliphatic carbocycles. The summed E-state index contributed by atoms with van der Waals surface area (Å²) in [4.78, 5) is 33.2. The first-order valence-corrected chi connectivity index (χ1v) is 18.9. The standard InChI is InChI=1S/C15H17ClN2O3S2.C14H12ClF3N2O3S2/c1-9-10(2)22-14(17-9)18-13(19)15(3,4)23(20,21)12-7-5-11(16)6-8-12;1-13(2,25(22,23)9-5-3-8(15)4-6-9)11(21)20-12-19-10(7-24-12)14(16,17)18/h5-8H,1-4H3,(H,17,18,19);3-7H,1-2H3,(H,19,20,21). The molecule has 0 saturated heterocycles. The van der Waals surface area contributed by atoms with Crippen molar-refractivity contribution in [3.05, 3.63) is 80.2 Å². The molecule has 2 N–H and O–H groups in total. The van der Waals surface area contributed by atoms with Crippen LogP contribution in [0.4, 0.5) is 23.4 Å². The topological polar surface area (TPSA) is 152 Å². The lowest BCUT2D eigenvalue weighted by molar-refractivity contribution is -0.140. The van der Waals surface area contributed by atoms with Gasteiger partial charge >= 0.3 is 6.18 Å². The third-order valence-electron chi connectivity index (χ3n) is 6.95. The van der Waals surface area contributed by atoms with Gasteiger partial charge in [0.2, 0.25) is 11.8 Å². The molecule has 0 atom stereocenters. The van der Waals surface area contributed by atoms with Gasteiger partial charge in [-0.15, -0.1) is 22.7 Å². The molecule has 0 fully saturated rings. The molecule has 0 radical (unpaired) electrons. The molecule has 2 amide bonds. The van der Waals surface area contributed by atoms with E-state index in [-0.39, 0.29) is 14.9 Å². The largest absolute Gasteiger partial charge is 0.434 e. The number of thiazole rings is 2. The molecule has 0 aliphatic rings. The van der Waals surface area contributed by atoms with Gasteiger partial charge < -0.3 is 10.6 Å². The highest BCUT2D eigenvalue weighted by Crippen LogP contribution is 2.33. The Morgan fingerprint density at radius 1 is 0.708 bits per heavy atom. The summed E-state index contributed by atoms with van der Waals surface area (Å²) in [5.74, 6) is -1.62. The molecule has 2 aromatic carbocycles. The molecule has 19 heteroatoms. The molecule has 2 aromatic heterocycles. The number of sulfone groups is 2. The maximum Gasteiger partial charge on any atom is 0.434 e. The summed E-state index contributed by atoms with van der Waals surface area (Å²) >= 11 is 13.4. The van der Waals surface area contributed by atoms with Crippen LogP contribution in [0.5, 0.6) is 0 Å². The first-order valence-electron chi connectivity index (χ1n) is 13.5. The maximum atomic E-state index is 12.7. The number of hydrogen-bond acceptors (Lipinski definition) is 10. The maximum absolute atomic E-state index is 12.7. The van der Waals surface area contributed by atoms with Crippen molar-refractivity contribution in [2.24, 2.45) is 0 Å². The van der Waals surface area contributed by atoms with Crippen molar-refractivity contribution in [1.29, 1.82) is 0 Å². The lowest BCUT2D eigenvalue weighted by Gasteiger charge is -2.23. The van der Waals surface area contributed by atoms with Crippen LogP contribution in [0.3, 0.4) is 0 Å². The molecule has 260 valence electrons. The van der Waals surface area contributed by atoms with Gasteiger partial charge in [-0.3, -0.25) is 9.59 Å². The number of alkyl halides is 3. The summed E-state index contributed by atoms with van der Waals surface area (Å²) in [5.41, 5.74) is -0.352. The van der Waals surface area contributed by atoms with E-state index in [1.807, 2.05) is 13.8 Å². The average molecular weight is 786 g/mol. The van der Waals surface area contributed by atoms with Crippen LogP contribution in [0.1, 0.15) is 44.0 Å². The molecule has 0 unspecified atom stereocenters. The molecule has 0 bridgehead atoms. The van der Waals surface area contributed by atoms with Crippen molar-refractivity contribution < 1.29 is 39.6 Å². The fourth-order valence-electron chi connectivity index (χ4n) is 3.54. The Kier molecular flexibility index (Phi) is 11.8. The number of hydrogen-bond donors (Lipinski definition) is 2. The van der Waals surface area contributed by atoms with Crippen LogP contribution < -0.4 is 10.6 Å². The second kappa shape index (κ2) is 14.4. The number of anilines is 2. The van der Waals surface area contributed by atoms with E-state index >= 15 is 0 Å². The summed E-state index contributed by atoms with van der Waals surface area (Å²) in [7, 11) is -7.98. The van der Waals surface area contributed by atoms with Crippen LogP contribution in [0.2, 0.25) is 10.0 Å². The Bertz CT molecular complexity index is 2010. The Balaban J connectivity index is 0.000000261. The minimum atomic E-state index is -4.65. The SMILES string of the molecule is CC(C)(C(=O)Nc1nc(C(F)(F)F)cs1)S(=O)(=O)c1ccc(Cl)cc1.Cc1nc(NC(=O)C(C)(C)S(=O)(=O)c2ccc(Cl)cc2)sc1C. The molecule has 10 nitrogen and oxygen atoms in total. The van der Waals surface area contributed by atoms with E-state index in [1.54, 1.807) is 0 Å². The van der Waals surface area contributed by atoms with Crippen LogP contribution in [-0.4, -0.2) is 48.1 Å². The number of aryl methyl sites for hydroxylation is 2. The van der Waals surface area contributed by atoms with Gasteiger partial charge in [-0.1, -0.05) is 23.2 Å². The molecule has 0 saturated carbocycles. The third-order valence-corrected chi connectivity index (χ3v) is 14.0. The number of aromatic nitrogens is 2. The highest BCUT2D eigenvalue weighted by molar-refractivity contribution is 7.94. The lowest BCUT2D eigenvalue weighted by atomic mass is 10.2. The summed E-state index contributed by atoms with van der Waals surface area (Å²) < 4.78 is 84.9. The lowest BCUT2D eigenvalue weighted by Crippen LogP contribution is -2.44. The van der Waals surface area contributed by atoms with E-state index in [4.69, 9.17) is 23.2 Å². The van der Waals surface area contributed by atoms with E-state index in [9.17, 15) is 39.6 Å². The van der Waals surface area contributed by atoms with Gasteiger partial charge in [-0.25, -0.2) is 26.8 Å². The van der Waals surface area contributed by atoms with E-state index in [0.29, 0.717) is 26.5 Å². The zero-order chi connectivity index (χ0) is 36.5. The molecule has 0 spiro atoms. The van der Waals surface area contributed by atoms with Crippen LogP contribution in [0.25, 0.3) is 0 Å². The molecule has 4 rings (SSSR count). The van der Waals surface area contributed by atoms with Gasteiger partial charge in [0.15, 0.2) is 35.6 Å². The van der Waals surface area contributed by atoms with E-state index in [1.165, 1.54) is 73.7 Å². The number of benzene rings is 2.